The summed E-state index contributed by atoms with van der Waals surface area (Å²) in [6, 6.07) is 33.0. The van der Waals surface area contributed by atoms with Gasteiger partial charge in [-0.1, -0.05) is 44.5 Å². The molecular formula is C43H40N5OPt-3. The number of aromatic nitrogens is 3. The van der Waals surface area contributed by atoms with Crippen LogP contribution in [-0.2, 0) is 26.5 Å². The molecule has 4 aliphatic carbocycles. The second kappa shape index (κ2) is 12.0. The van der Waals surface area contributed by atoms with Crippen LogP contribution in [0.25, 0.3) is 27.6 Å². The van der Waals surface area contributed by atoms with E-state index in [9.17, 15) is 0 Å². The standard InChI is InChI=1S/C43H40N5O.Pt/c1-43(2,3)31-13-16-45-41(22-31)48-37-10-5-4-9-35(37)36-12-11-34(24-39(36)48)49-33-8-6-7-32(23-33)46-26-47(38-14-15-44-25-40(38)46)42-29-18-27-17-28(20-29)21-30(42)19-27;/h4-16,22,25-30,42H,17-21H2,1-3H3;/q-3;. The minimum atomic E-state index is 0. The number of benzene rings is 3. The predicted molar refractivity (Wildman–Crippen MR) is 195 cm³/mol. The summed E-state index contributed by atoms with van der Waals surface area (Å²) in [7, 11) is 0. The van der Waals surface area contributed by atoms with Crippen molar-refractivity contribution in [2.45, 2.75) is 64.3 Å². The molecule has 6 aromatic rings. The molecule has 1 aliphatic heterocycles. The smallest absolute Gasteiger partial charge is 0.135 e. The molecule has 0 N–H and O–H groups in total. The van der Waals surface area contributed by atoms with Crippen molar-refractivity contribution in [1.29, 1.82) is 0 Å². The number of pyridine rings is 2. The molecule has 4 bridgehead atoms. The number of para-hydroxylation sites is 1. The van der Waals surface area contributed by atoms with Gasteiger partial charge in [-0.05, 0) is 96.4 Å². The van der Waals surface area contributed by atoms with Gasteiger partial charge in [0.15, 0.2) is 0 Å². The van der Waals surface area contributed by atoms with Crippen LogP contribution in [-0.4, -0.2) is 20.6 Å². The molecule has 4 fully saturated rings. The average Bonchev–Trinajstić information content (AvgIpc) is 3.64. The van der Waals surface area contributed by atoms with E-state index in [4.69, 9.17) is 9.72 Å². The molecule has 6 nitrogen and oxygen atoms in total. The van der Waals surface area contributed by atoms with Crippen molar-refractivity contribution in [2.24, 2.45) is 23.7 Å². The molecule has 0 amide bonds. The number of hydrogen-bond acceptors (Lipinski definition) is 5. The van der Waals surface area contributed by atoms with Gasteiger partial charge in [0.2, 0.25) is 0 Å². The fraction of sp³-hybridized carbons (Fsp3) is 0.326. The summed E-state index contributed by atoms with van der Waals surface area (Å²) in [5, 5.41) is 2.28. The topological polar surface area (TPSA) is 46.4 Å². The first-order valence-corrected chi connectivity index (χ1v) is 17.9. The first-order valence-electron chi connectivity index (χ1n) is 17.9. The summed E-state index contributed by atoms with van der Waals surface area (Å²) in [6.07, 6.45) is 12.8. The molecule has 7 heteroatoms. The van der Waals surface area contributed by atoms with Crippen molar-refractivity contribution in [3.8, 4) is 17.3 Å². The van der Waals surface area contributed by atoms with E-state index in [0.717, 1.165) is 62.7 Å². The second-order valence-corrected chi connectivity index (χ2v) is 15.8. The van der Waals surface area contributed by atoms with E-state index >= 15 is 0 Å². The number of anilines is 3. The van der Waals surface area contributed by atoms with E-state index < -0.39 is 0 Å². The Labute approximate surface area is 308 Å². The fourth-order valence-electron chi connectivity index (χ4n) is 9.75. The monoisotopic (exact) mass is 837 g/mol. The molecule has 3 aromatic heterocycles. The van der Waals surface area contributed by atoms with Crippen LogP contribution in [0, 0.1) is 42.5 Å². The maximum Gasteiger partial charge on any atom is 0.135 e. The van der Waals surface area contributed by atoms with E-state index in [1.807, 2.05) is 36.8 Å². The molecule has 3 aromatic carbocycles. The molecule has 0 saturated heterocycles. The number of hydrogen-bond donors (Lipinski definition) is 0. The first kappa shape index (κ1) is 31.8. The van der Waals surface area contributed by atoms with Crippen LogP contribution in [0.2, 0.25) is 0 Å². The molecule has 0 radical (unpaired) electrons. The van der Waals surface area contributed by atoms with Gasteiger partial charge in [-0.15, -0.1) is 41.4 Å². The molecule has 0 spiro atoms. The zero-order valence-electron chi connectivity index (χ0n) is 28.6. The Morgan fingerprint density at radius 2 is 1.56 bits per heavy atom. The van der Waals surface area contributed by atoms with Crippen LogP contribution < -0.4 is 14.5 Å². The molecule has 4 saturated carbocycles. The summed E-state index contributed by atoms with van der Waals surface area (Å²) < 4.78 is 8.75. The van der Waals surface area contributed by atoms with Crippen molar-refractivity contribution < 1.29 is 25.8 Å². The van der Waals surface area contributed by atoms with Crippen LogP contribution in [0.3, 0.4) is 0 Å². The van der Waals surface area contributed by atoms with E-state index in [2.05, 4.69) is 114 Å². The normalized spacial score (nSPS) is 23.8. The van der Waals surface area contributed by atoms with Gasteiger partial charge in [-0.2, -0.15) is 18.8 Å². The Kier molecular flexibility index (Phi) is 7.62. The Balaban J connectivity index is 0.00000336. The van der Waals surface area contributed by atoms with Gasteiger partial charge in [0.25, 0.3) is 0 Å². The minimum Gasteiger partial charge on any atom is -0.509 e. The molecular weight excluding hydrogens is 798 g/mol. The maximum absolute atomic E-state index is 6.55. The zero-order chi connectivity index (χ0) is 32.9. The van der Waals surface area contributed by atoms with Crippen molar-refractivity contribution in [3.63, 3.8) is 0 Å². The minimum absolute atomic E-state index is 0. The Morgan fingerprint density at radius 3 is 2.36 bits per heavy atom. The van der Waals surface area contributed by atoms with Gasteiger partial charge < -0.3 is 19.1 Å². The van der Waals surface area contributed by atoms with Gasteiger partial charge in [-0.25, -0.2) is 4.98 Å². The third-order valence-electron chi connectivity index (χ3n) is 11.7. The molecule has 256 valence electrons. The average molecular weight is 838 g/mol. The quantitative estimate of drug-likeness (QED) is 0.162. The first-order chi connectivity index (χ1) is 23.9. The molecule has 0 atom stereocenters. The van der Waals surface area contributed by atoms with E-state index in [1.54, 1.807) is 0 Å². The zero-order valence-corrected chi connectivity index (χ0v) is 30.9. The van der Waals surface area contributed by atoms with Gasteiger partial charge in [-0.3, -0.25) is 4.98 Å². The molecule has 0 unspecified atom stereocenters. The van der Waals surface area contributed by atoms with Crippen LogP contribution in [0.15, 0.2) is 91.4 Å². The summed E-state index contributed by atoms with van der Waals surface area (Å²) in [5.74, 6) is 5.60. The largest absolute Gasteiger partial charge is 0.509 e. The third-order valence-corrected chi connectivity index (χ3v) is 11.7. The second-order valence-electron chi connectivity index (χ2n) is 15.8. The van der Waals surface area contributed by atoms with Gasteiger partial charge >= 0.3 is 0 Å². The fourth-order valence-corrected chi connectivity index (χ4v) is 9.75. The number of nitrogens with zero attached hydrogens (tertiary/aromatic N) is 5. The van der Waals surface area contributed by atoms with Gasteiger partial charge in [0.1, 0.15) is 5.82 Å². The van der Waals surface area contributed by atoms with Gasteiger partial charge in [0, 0.05) is 68.4 Å². The molecule has 11 rings (SSSR count). The Hall–Kier alpha value is -4.15. The van der Waals surface area contributed by atoms with Crippen LogP contribution in [0.1, 0.15) is 58.4 Å². The molecule has 5 aliphatic rings. The van der Waals surface area contributed by atoms with Crippen LogP contribution in [0.5, 0.6) is 11.5 Å². The van der Waals surface area contributed by atoms with E-state index in [-0.39, 0.29) is 26.5 Å². The van der Waals surface area contributed by atoms with Crippen LogP contribution in [0.4, 0.5) is 17.1 Å². The Morgan fingerprint density at radius 1 is 0.780 bits per heavy atom. The summed E-state index contributed by atoms with van der Waals surface area (Å²) in [6.45, 7) is 9.01. The van der Waals surface area contributed by atoms with Crippen molar-refractivity contribution in [2.75, 3.05) is 9.80 Å². The Bertz CT molecular complexity index is 2210. The maximum atomic E-state index is 6.55. The number of ether oxygens (including phenoxy) is 1. The van der Waals surface area contributed by atoms with E-state index in [1.165, 1.54) is 43.4 Å². The van der Waals surface area contributed by atoms with Gasteiger partial charge in [0.05, 0.1) is 5.69 Å². The summed E-state index contributed by atoms with van der Waals surface area (Å²) in [4.78, 5) is 14.2. The molecule has 4 heterocycles. The third kappa shape index (κ3) is 5.16. The number of rotatable bonds is 5. The predicted octanol–water partition coefficient (Wildman–Crippen LogP) is 10.2. The van der Waals surface area contributed by atoms with Crippen molar-refractivity contribution in [1.82, 2.24) is 14.5 Å². The summed E-state index contributed by atoms with van der Waals surface area (Å²) >= 11 is 0. The van der Waals surface area contributed by atoms with E-state index in [0.29, 0.717) is 17.5 Å². The van der Waals surface area contributed by atoms with Crippen LogP contribution >= 0.6 is 0 Å². The SMILES string of the molecule is CC(C)(C)c1ccnc(-n2c3[c-]c(Oc4[c-]c(N5[CH-]N(C6C7CC8CC(C7)CC6C8)c6ccncc65)ccc4)ccc3c3ccccc32)c1.[Pt]. The molecule has 50 heavy (non-hydrogen) atoms. The van der Waals surface area contributed by atoms with Crippen molar-refractivity contribution >= 4 is 38.9 Å². The summed E-state index contributed by atoms with van der Waals surface area (Å²) in [5.41, 5.74) is 6.57. The van der Waals surface area contributed by atoms with Crippen molar-refractivity contribution in [3.05, 3.63) is 116 Å². The number of fused-ring (bicyclic) bond motifs is 4.